The topological polar surface area (TPSA) is 70.2 Å². The molecule has 0 amide bonds. The van der Waals surface area contributed by atoms with Gasteiger partial charge in [-0.15, -0.1) is 10.2 Å². The predicted molar refractivity (Wildman–Crippen MR) is 115 cm³/mol. The molecule has 0 aliphatic carbocycles. The highest BCUT2D eigenvalue weighted by molar-refractivity contribution is 7.98. The fourth-order valence-electron chi connectivity index (χ4n) is 2.94. The number of aromatic nitrogens is 3. The number of esters is 1. The van der Waals surface area contributed by atoms with E-state index in [1.54, 1.807) is 12.1 Å². The minimum absolute atomic E-state index is 0.178. The lowest BCUT2D eigenvalue weighted by molar-refractivity contribution is 0.0563. The fourth-order valence-corrected chi connectivity index (χ4v) is 3.93. The van der Waals surface area contributed by atoms with E-state index in [4.69, 9.17) is 16.0 Å². The van der Waals surface area contributed by atoms with Crippen molar-refractivity contribution in [3.05, 3.63) is 94.7 Å². The molecule has 0 unspecified atom stereocenters. The first kappa shape index (κ1) is 20.3. The zero-order chi connectivity index (χ0) is 20.9. The summed E-state index contributed by atoms with van der Waals surface area (Å²) in [5.41, 5.74) is 2.07. The molecule has 0 radical (unpaired) electrons. The molecule has 2 heterocycles. The Kier molecular flexibility index (Phi) is 6.21. The van der Waals surface area contributed by atoms with E-state index >= 15 is 0 Å². The number of thioether (sulfide) groups is 1. The van der Waals surface area contributed by atoms with Crippen LogP contribution in [0.25, 0.3) is 5.69 Å². The van der Waals surface area contributed by atoms with Gasteiger partial charge in [0.2, 0.25) is 5.76 Å². The van der Waals surface area contributed by atoms with Gasteiger partial charge >= 0.3 is 5.97 Å². The van der Waals surface area contributed by atoms with Crippen molar-refractivity contribution in [1.29, 1.82) is 0 Å². The van der Waals surface area contributed by atoms with Crippen LogP contribution in [0.15, 0.2) is 76.3 Å². The van der Waals surface area contributed by atoms with Gasteiger partial charge in [-0.2, -0.15) is 0 Å². The van der Waals surface area contributed by atoms with Crippen LogP contribution in [0.4, 0.5) is 0 Å². The molecule has 2 aromatic heterocycles. The van der Waals surface area contributed by atoms with Crippen molar-refractivity contribution >= 4 is 29.3 Å². The number of carbonyl (C=O) groups excluding carboxylic acids is 1. The van der Waals surface area contributed by atoms with E-state index < -0.39 is 5.97 Å². The van der Waals surface area contributed by atoms with Gasteiger partial charge in [0.15, 0.2) is 5.16 Å². The number of ether oxygens (including phenoxy) is 1. The molecule has 0 spiro atoms. The Hall–Kier alpha value is -3.03. The average Bonchev–Trinajstić information content (AvgIpc) is 3.40. The quantitative estimate of drug-likeness (QED) is 0.292. The van der Waals surface area contributed by atoms with Gasteiger partial charge < -0.3 is 9.15 Å². The Labute approximate surface area is 182 Å². The lowest BCUT2D eigenvalue weighted by atomic mass is 10.1. The Morgan fingerprint density at radius 1 is 1.07 bits per heavy atom. The van der Waals surface area contributed by atoms with Crippen LogP contribution in [-0.4, -0.2) is 27.8 Å². The molecule has 0 N–H and O–H groups in total. The summed E-state index contributed by atoms with van der Waals surface area (Å²) in [6, 6.07) is 21.0. The van der Waals surface area contributed by atoms with Crippen LogP contribution in [0.2, 0.25) is 5.02 Å². The molecule has 0 saturated heterocycles. The minimum atomic E-state index is -0.499. The van der Waals surface area contributed by atoms with Crippen molar-refractivity contribution < 1.29 is 13.9 Å². The van der Waals surface area contributed by atoms with Crippen molar-refractivity contribution in [2.24, 2.45) is 0 Å². The van der Waals surface area contributed by atoms with E-state index in [1.165, 1.54) is 18.9 Å². The Morgan fingerprint density at radius 3 is 2.57 bits per heavy atom. The monoisotopic (exact) mass is 439 g/mol. The maximum Gasteiger partial charge on any atom is 0.373 e. The molecular weight excluding hydrogens is 422 g/mol. The number of benzene rings is 2. The third kappa shape index (κ3) is 4.58. The molecule has 0 fully saturated rings. The van der Waals surface area contributed by atoms with E-state index in [0.29, 0.717) is 23.0 Å². The van der Waals surface area contributed by atoms with Gasteiger partial charge in [-0.25, -0.2) is 4.79 Å². The minimum Gasteiger partial charge on any atom is -0.463 e. The van der Waals surface area contributed by atoms with Gasteiger partial charge in [-0.3, -0.25) is 4.57 Å². The van der Waals surface area contributed by atoms with E-state index in [9.17, 15) is 4.79 Å². The highest BCUT2D eigenvalue weighted by Gasteiger charge is 2.17. The third-order valence-corrected chi connectivity index (χ3v) is 5.59. The summed E-state index contributed by atoms with van der Waals surface area (Å²) in [6.45, 7) is 0. The molecule has 4 aromatic rings. The molecule has 0 aliphatic rings. The molecule has 8 heteroatoms. The number of nitrogens with zero attached hydrogens (tertiary/aromatic N) is 3. The average molecular weight is 440 g/mol. The largest absolute Gasteiger partial charge is 0.463 e. The highest BCUT2D eigenvalue weighted by Crippen LogP contribution is 2.27. The number of furan rings is 1. The second-order valence-electron chi connectivity index (χ2n) is 6.42. The van der Waals surface area contributed by atoms with Crippen molar-refractivity contribution in [2.45, 2.75) is 17.3 Å². The second-order valence-corrected chi connectivity index (χ2v) is 7.80. The summed E-state index contributed by atoms with van der Waals surface area (Å²) in [5.74, 6) is 1.64. The van der Waals surface area contributed by atoms with Crippen molar-refractivity contribution in [3.63, 3.8) is 0 Å². The summed E-state index contributed by atoms with van der Waals surface area (Å²) < 4.78 is 12.2. The standard InChI is InChI=1S/C22H18ClN3O3S/c1-28-21(27)19-12-11-18(29-19)14-30-22-25-24-20(13-15-5-3-2-4-6-15)26(22)17-9-7-16(23)8-10-17/h2-12H,13-14H2,1H3. The van der Waals surface area contributed by atoms with Crippen LogP contribution in [0.5, 0.6) is 0 Å². The van der Waals surface area contributed by atoms with Gasteiger partial charge in [-0.05, 0) is 42.0 Å². The lowest BCUT2D eigenvalue weighted by Crippen LogP contribution is -2.03. The number of carbonyl (C=O) groups is 1. The Bertz CT molecular complexity index is 1140. The van der Waals surface area contributed by atoms with Crippen LogP contribution in [0.1, 0.15) is 27.7 Å². The fraction of sp³-hybridized carbons (Fsp3) is 0.136. The first-order chi connectivity index (χ1) is 14.6. The second kappa shape index (κ2) is 9.19. The molecule has 152 valence electrons. The predicted octanol–water partition coefficient (Wildman–Crippen LogP) is 5.18. The number of rotatable bonds is 7. The van der Waals surface area contributed by atoms with Gasteiger partial charge in [0.05, 0.1) is 12.9 Å². The van der Waals surface area contributed by atoms with Crippen LogP contribution < -0.4 is 0 Å². The van der Waals surface area contributed by atoms with Crippen LogP contribution >= 0.6 is 23.4 Å². The molecule has 0 atom stereocenters. The zero-order valence-corrected chi connectivity index (χ0v) is 17.7. The number of hydrogen-bond acceptors (Lipinski definition) is 6. The summed E-state index contributed by atoms with van der Waals surface area (Å²) in [6.07, 6.45) is 0.643. The third-order valence-electron chi connectivity index (χ3n) is 4.38. The molecular formula is C22H18ClN3O3S. The van der Waals surface area contributed by atoms with Crippen molar-refractivity contribution in [1.82, 2.24) is 14.8 Å². The van der Waals surface area contributed by atoms with Crippen LogP contribution in [-0.2, 0) is 16.9 Å². The maximum atomic E-state index is 11.6. The number of methoxy groups -OCH3 is 1. The summed E-state index contributed by atoms with van der Waals surface area (Å²) in [7, 11) is 1.32. The number of halogens is 1. The lowest BCUT2D eigenvalue weighted by Gasteiger charge is -2.10. The van der Waals surface area contributed by atoms with E-state index in [2.05, 4.69) is 27.1 Å². The highest BCUT2D eigenvalue weighted by atomic mass is 35.5. The zero-order valence-electron chi connectivity index (χ0n) is 16.1. The van der Waals surface area contributed by atoms with Gasteiger partial charge in [0.25, 0.3) is 0 Å². The molecule has 0 aliphatic heterocycles. The molecule has 2 aromatic carbocycles. The maximum absolute atomic E-state index is 11.6. The van der Waals surface area contributed by atoms with Crippen molar-refractivity contribution in [2.75, 3.05) is 7.11 Å². The smallest absolute Gasteiger partial charge is 0.373 e. The summed E-state index contributed by atoms with van der Waals surface area (Å²) in [4.78, 5) is 11.6. The first-order valence-corrected chi connectivity index (χ1v) is 10.5. The van der Waals surface area contributed by atoms with Gasteiger partial charge in [-0.1, -0.05) is 53.7 Å². The number of hydrogen-bond donors (Lipinski definition) is 0. The molecule has 0 bridgehead atoms. The van der Waals surface area contributed by atoms with Crippen LogP contribution in [0, 0.1) is 0 Å². The van der Waals surface area contributed by atoms with E-state index in [1.807, 2.05) is 47.0 Å². The van der Waals surface area contributed by atoms with Gasteiger partial charge in [0.1, 0.15) is 11.6 Å². The normalized spacial score (nSPS) is 10.9. The first-order valence-electron chi connectivity index (χ1n) is 9.18. The van der Waals surface area contributed by atoms with E-state index in [-0.39, 0.29) is 5.76 Å². The van der Waals surface area contributed by atoms with Crippen molar-refractivity contribution in [3.8, 4) is 5.69 Å². The summed E-state index contributed by atoms with van der Waals surface area (Å²) in [5, 5.41) is 10.2. The summed E-state index contributed by atoms with van der Waals surface area (Å²) >= 11 is 7.54. The molecule has 6 nitrogen and oxygen atoms in total. The van der Waals surface area contributed by atoms with Crippen LogP contribution in [0.3, 0.4) is 0 Å². The Balaban J connectivity index is 1.61. The van der Waals surface area contributed by atoms with Gasteiger partial charge in [0, 0.05) is 17.1 Å². The SMILES string of the molecule is COC(=O)c1ccc(CSc2nnc(Cc3ccccc3)n2-c2ccc(Cl)cc2)o1. The molecule has 4 rings (SSSR count). The van der Waals surface area contributed by atoms with E-state index in [0.717, 1.165) is 22.2 Å². The molecule has 30 heavy (non-hydrogen) atoms. The Morgan fingerprint density at radius 2 is 1.83 bits per heavy atom. The molecule has 0 saturated carbocycles.